The largest absolute Gasteiger partial charge is 0.493 e. The molecule has 0 aliphatic carbocycles. The standard InChI is InChI=1S/C24H31ClN2O4/c1-6-27(7-2)24(29)17-9-8-10-19(13-17)26-23(28)18-14-20(25)22(21(15-18)30-5)31-12-11-16(3)4/h8-10,13-16H,6-7,11-12H2,1-5H3,(H,26,28). The molecule has 2 aromatic rings. The van der Waals surface area contributed by atoms with Gasteiger partial charge in [-0.3, -0.25) is 9.59 Å². The Morgan fingerprint density at radius 1 is 1.10 bits per heavy atom. The number of anilines is 1. The van der Waals surface area contributed by atoms with Crippen molar-refractivity contribution < 1.29 is 19.1 Å². The van der Waals surface area contributed by atoms with Crippen molar-refractivity contribution in [3.8, 4) is 11.5 Å². The van der Waals surface area contributed by atoms with E-state index in [2.05, 4.69) is 19.2 Å². The molecule has 2 amide bonds. The molecule has 0 saturated heterocycles. The predicted octanol–water partition coefficient (Wildman–Crippen LogP) is 5.51. The van der Waals surface area contributed by atoms with Gasteiger partial charge in [-0.15, -0.1) is 0 Å². The summed E-state index contributed by atoms with van der Waals surface area (Å²) in [5, 5.41) is 3.12. The van der Waals surface area contributed by atoms with Crippen LogP contribution in [0.15, 0.2) is 36.4 Å². The van der Waals surface area contributed by atoms with Crippen molar-refractivity contribution in [1.82, 2.24) is 4.90 Å². The van der Waals surface area contributed by atoms with E-state index in [1.165, 1.54) is 7.11 Å². The van der Waals surface area contributed by atoms with E-state index in [-0.39, 0.29) is 11.8 Å². The van der Waals surface area contributed by atoms with Gasteiger partial charge < -0.3 is 19.7 Å². The minimum absolute atomic E-state index is 0.0753. The van der Waals surface area contributed by atoms with Gasteiger partial charge in [-0.2, -0.15) is 0 Å². The lowest BCUT2D eigenvalue weighted by Gasteiger charge is -2.19. The van der Waals surface area contributed by atoms with Crippen LogP contribution >= 0.6 is 11.6 Å². The summed E-state index contributed by atoms with van der Waals surface area (Å²) in [6, 6.07) is 10.0. The summed E-state index contributed by atoms with van der Waals surface area (Å²) in [6.07, 6.45) is 0.879. The van der Waals surface area contributed by atoms with E-state index in [1.54, 1.807) is 41.3 Å². The van der Waals surface area contributed by atoms with Crippen LogP contribution in [0.25, 0.3) is 0 Å². The Hall–Kier alpha value is -2.73. The Balaban J connectivity index is 2.19. The topological polar surface area (TPSA) is 67.9 Å². The molecular formula is C24H31ClN2O4. The van der Waals surface area contributed by atoms with Crippen LogP contribution < -0.4 is 14.8 Å². The number of hydrogen-bond acceptors (Lipinski definition) is 4. The molecule has 0 radical (unpaired) electrons. The molecule has 31 heavy (non-hydrogen) atoms. The first-order chi connectivity index (χ1) is 14.8. The van der Waals surface area contributed by atoms with Gasteiger partial charge in [-0.05, 0) is 56.5 Å². The molecule has 0 spiro atoms. The van der Waals surface area contributed by atoms with Crippen LogP contribution in [-0.2, 0) is 0 Å². The third kappa shape index (κ3) is 6.62. The number of carbonyl (C=O) groups is 2. The number of amides is 2. The molecule has 168 valence electrons. The van der Waals surface area contributed by atoms with Crippen LogP contribution in [0.5, 0.6) is 11.5 Å². The summed E-state index contributed by atoms with van der Waals surface area (Å²) in [5.74, 6) is 0.884. The summed E-state index contributed by atoms with van der Waals surface area (Å²) >= 11 is 6.37. The Morgan fingerprint density at radius 3 is 2.42 bits per heavy atom. The molecule has 2 aromatic carbocycles. The van der Waals surface area contributed by atoms with E-state index in [0.29, 0.717) is 59.0 Å². The van der Waals surface area contributed by atoms with Gasteiger partial charge in [-0.25, -0.2) is 0 Å². The summed E-state index contributed by atoms with van der Waals surface area (Å²) in [7, 11) is 1.50. The van der Waals surface area contributed by atoms with Crippen molar-refractivity contribution in [3.63, 3.8) is 0 Å². The van der Waals surface area contributed by atoms with Crippen molar-refractivity contribution in [2.24, 2.45) is 5.92 Å². The minimum Gasteiger partial charge on any atom is -0.493 e. The number of methoxy groups -OCH3 is 1. The average Bonchev–Trinajstić information content (AvgIpc) is 2.75. The fraction of sp³-hybridized carbons (Fsp3) is 0.417. The van der Waals surface area contributed by atoms with Crippen molar-refractivity contribution >= 4 is 29.1 Å². The van der Waals surface area contributed by atoms with E-state index < -0.39 is 0 Å². The van der Waals surface area contributed by atoms with Crippen molar-refractivity contribution in [3.05, 3.63) is 52.5 Å². The molecule has 0 atom stereocenters. The van der Waals surface area contributed by atoms with Crippen LogP contribution in [0.1, 0.15) is 54.8 Å². The van der Waals surface area contributed by atoms with Crippen LogP contribution in [-0.4, -0.2) is 43.5 Å². The molecule has 0 heterocycles. The lowest BCUT2D eigenvalue weighted by Crippen LogP contribution is -2.30. The number of benzene rings is 2. The van der Waals surface area contributed by atoms with E-state index in [0.717, 1.165) is 6.42 Å². The first-order valence-corrected chi connectivity index (χ1v) is 10.9. The van der Waals surface area contributed by atoms with Crippen molar-refractivity contribution in [2.45, 2.75) is 34.1 Å². The van der Waals surface area contributed by atoms with Gasteiger partial charge in [0.05, 0.1) is 18.7 Å². The highest BCUT2D eigenvalue weighted by Gasteiger charge is 2.17. The molecule has 1 N–H and O–H groups in total. The SMILES string of the molecule is CCN(CC)C(=O)c1cccc(NC(=O)c2cc(Cl)c(OCCC(C)C)c(OC)c2)c1. The second-order valence-corrected chi connectivity index (χ2v) is 7.94. The molecule has 0 unspecified atom stereocenters. The Labute approximate surface area is 189 Å². The maximum absolute atomic E-state index is 12.8. The van der Waals surface area contributed by atoms with Crippen LogP contribution in [0.3, 0.4) is 0 Å². The van der Waals surface area contributed by atoms with Crippen molar-refractivity contribution in [1.29, 1.82) is 0 Å². The van der Waals surface area contributed by atoms with E-state index in [4.69, 9.17) is 21.1 Å². The van der Waals surface area contributed by atoms with Gasteiger partial charge in [0.15, 0.2) is 11.5 Å². The van der Waals surface area contributed by atoms with Gasteiger partial charge in [0.25, 0.3) is 11.8 Å². The fourth-order valence-corrected chi connectivity index (χ4v) is 3.28. The number of nitrogens with zero attached hydrogens (tertiary/aromatic N) is 1. The molecule has 7 heteroatoms. The maximum Gasteiger partial charge on any atom is 0.255 e. The minimum atomic E-state index is -0.360. The molecule has 2 rings (SSSR count). The first kappa shape index (κ1) is 24.5. The zero-order valence-electron chi connectivity index (χ0n) is 18.8. The summed E-state index contributed by atoms with van der Waals surface area (Å²) in [4.78, 5) is 27.1. The maximum atomic E-state index is 12.8. The molecule has 6 nitrogen and oxygen atoms in total. The summed E-state index contributed by atoms with van der Waals surface area (Å²) in [5.41, 5.74) is 1.37. The summed E-state index contributed by atoms with van der Waals surface area (Å²) in [6.45, 7) is 9.83. The molecule has 0 aliphatic rings. The average molecular weight is 447 g/mol. The molecule has 0 aromatic heterocycles. The highest BCUT2D eigenvalue weighted by Crippen LogP contribution is 2.37. The Kier molecular flexibility index (Phi) is 9.19. The number of nitrogens with one attached hydrogen (secondary N) is 1. The van der Waals surface area contributed by atoms with Gasteiger partial charge >= 0.3 is 0 Å². The Morgan fingerprint density at radius 2 is 1.81 bits per heavy atom. The van der Waals surface area contributed by atoms with E-state index in [9.17, 15) is 9.59 Å². The molecule has 0 bridgehead atoms. The molecule has 0 aliphatic heterocycles. The number of ether oxygens (including phenoxy) is 2. The van der Waals surface area contributed by atoms with Crippen LogP contribution in [0.4, 0.5) is 5.69 Å². The van der Waals surface area contributed by atoms with Crippen molar-refractivity contribution in [2.75, 3.05) is 32.1 Å². The van der Waals surface area contributed by atoms with E-state index >= 15 is 0 Å². The van der Waals surface area contributed by atoms with Gasteiger partial charge in [0, 0.05) is 29.9 Å². The fourth-order valence-electron chi connectivity index (χ4n) is 3.01. The van der Waals surface area contributed by atoms with Crippen LogP contribution in [0, 0.1) is 5.92 Å². The van der Waals surface area contributed by atoms with Gasteiger partial charge in [0.1, 0.15) is 0 Å². The normalized spacial score (nSPS) is 10.7. The number of halogens is 1. The van der Waals surface area contributed by atoms with Crippen LogP contribution in [0.2, 0.25) is 5.02 Å². The lowest BCUT2D eigenvalue weighted by atomic mass is 10.1. The number of carbonyl (C=O) groups excluding carboxylic acids is 2. The van der Waals surface area contributed by atoms with Gasteiger partial charge in [-0.1, -0.05) is 31.5 Å². The van der Waals surface area contributed by atoms with E-state index in [1.807, 2.05) is 13.8 Å². The third-order valence-electron chi connectivity index (χ3n) is 4.85. The number of hydrogen-bond donors (Lipinski definition) is 1. The highest BCUT2D eigenvalue weighted by atomic mass is 35.5. The molecular weight excluding hydrogens is 416 g/mol. The third-order valence-corrected chi connectivity index (χ3v) is 5.13. The second kappa shape index (κ2) is 11.6. The zero-order chi connectivity index (χ0) is 23.0. The highest BCUT2D eigenvalue weighted by molar-refractivity contribution is 6.32. The lowest BCUT2D eigenvalue weighted by molar-refractivity contribution is 0.0772. The predicted molar refractivity (Wildman–Crippen MR) is 125 cm³/mol. The monoisotopic (exact) mass is 446 g/mol. The number of rotatable bonds is 10. The second-order valence-electron chi connectivity index (χ2n) is 7.53. The Bertz CT molecular complexity index is 910. The zero-order valence-corrected chi connectivity index (χ0v) is 19.6. The molecule has 0 saturated carbocycles. The summed E-state index contributed by atoms with van der Waals surface area (Å²) < 4.78 is 11.2. The first-order valence-electron chi connectivity index (χ1n) is 10.5. The quantitative estimate of drug-likeness (QED) is 0.522. The smallest absolute Gasteiger partial charge is 0.255 e. The van der Waals surface area contributed by atoms with Gasteiger partial charge in [0.2, 0.25) is 0 Å². The molecule has 0 fully saturated rings.